The van der Waals surface area contributed by atoms with Gasteiger partial charge in [-0.2, -0.15) is 17.9 Å². The molecule has 1 aliphatic rings. The highest BCUT2D eigenvalue weighted by atomic mass is 32.2. The zero-order chi connectivity index (χ0) is 24.2. The monoisotopic (exact) mass is 486 g/mol. The summed E-state index contributed by atoms with van der Waals surface area (Å²) in [7, 11) is -2.87. The van der Waals surface area contributed by atoms with Gasteiger partial charge in [0.1, 0.15) is 12.3 Å². The number of alkyl halides is 3. The van der Waals surface area contributed by atoms with Crippen LogP contribution in [-0.2, 0) is 36.9 Å². The first-order valence-corrected chi connectivity index (χ1v) is 11.3. The van der Waals surface area contributed by atoms with Gasteiger partial charge in [-0.25, -0.2) is 8.42 Å². The second-order valence-electron chi connectivity index (χ2n) is 7.15. The molecule has 0 bridgehead atoms. The number of benzene rings is 2. The predicted molar refractivity (Wildman–Crippen MR) is 111 cm³/mol. The molecule has 0 spiro atoms. The minimum atomic E-state index is -4.72. The molecule has 1 N–H and O–H groups in total. The van der Waals surface area contributed by atoms with Crippen molar-refractivity contribution >= 4 is 27.6 Å². The molecule has 0 atom stereocenters. The number of amides is 1. The molecule has 3 rings (SSSR count). The summed E-state index contributed by atoms with van der Waals surface area (Å²) in [5, 5.41) is 0. The van der Waals surface area contributed by atoms with E-state index in [0.717, 1.165) is 30.2 Å². The highest BCUT2D eigenvalue weighted by Crippen LogP contribution is 2.31. The molecular formula is C21H21F3N2O6S. The summed E-state index contributed by atoms with van der Waals surface area (Å²) in [6.07, 6.45) is -3.26. The summed E-state index contributed by atoms with van der Waals surface area (Å²) >= 11 is 0. The van der Waals surface area contributed by atoms with Gasteiger partial charge in [-0.15, -0.1) is 0 Å². The Morgan fingerprint density at radius 3 is 2.61 bits per heavy atom. The van der Waals surface area contributed by atoms with Crippen molar-refractivity contribution in [2.24, 2.45) is 0 Å². The maximum absolute atomic E-state index is 12.8. The van der Waals surface area contributed by atoms with Crippen LogP contribution in [0.15, 0.2) is 47.4 Å². The number of hydrogen-bond donors (Lipinski definition) is 1. The van der Waals surface area contributed by atoms with Crippen molar-refractivity contribution in [3.63, 3.8) is 0 Å². The highest BCUT2D eigenvalue weighted by Gasteiger charge is 2.32. The summed E-state index contributed by atoms with van der Waals surface area (Å²) in [5.41, 5.74) is 0.445. The van der Waals surface area contributed by atoms with E-state index in [0.29, 0.717) is 30.5 Å². The fourth-order valence-electron chi connectivity index (χ4n) is 3.31. The SMILES string of the molecule is COc1ccc2c(c1)CCCN2C(=O)COC(=O)CNS(=O)(=O)c1cccc(C(F)(F)F)c1. The lowest BCUT2D eigenvalue weighted by molar-refractivity contribution is -0.146. The van der Waals surface area contributed by atoms with E-state index >= 15 is 0 Å². The zero-order valence-electron chi connectivity index (χ0n) is 17.5. The average Bonchev–Trinajstić information content (AvgIpc) is 2.80. The van der Waals surface area contributed by atoms with Crippen LogP contribution >= 0.6 is 0 Å². The lowest BCUT2D eigenvalue weighted by Gasteiger charge is -2.29. The number of rotatable bonds is 7. The van der Waals surface area contributed by atoms with E-state index in [1.165, 1.54) is 12.0 Å². The number of nitrogens with zero attached hydrogens (tertiary/aromatic N) is 1. The Balaban J connectivity index is 1.57. The zero-order valence-corrected chi connectivity index (χ0v) is 18.3. The Hall–Kier alpha value is -3.12. The fourth-order valence-corrected chi connectivity index (χ4v) is 4.32. The quantitative estimate of drug-likeness (QED) is 0.604. The van der Waals surface area contributed by atoms with Gasteiger partial charge in [0, 0.05) is 12.2 Å². The Kier molecular flexibility index (Phi) is 7.28. The highest BCUT2D eigenvalue weighted by molar-refractivity contribution is 7.89. The number of carbonyl (C=O) groups is 2. The molecule has 178 valence electrons. The minimum Gasteiger partial charge on any atom is -0.497 e. The van der Waals surface area contributed by atoms with Gasteiger partial charge >= 0.3 is 12.1 Å². The van der Waals surface area contributed by atoms with Crippen molar-refractivity contribution in [3.8, 4) is 5.75 Å². The number of nitrogens with one attached hydrogen (secondary N) is 1. The molecule has 2 aromatic rings. The molecule has 0 saturated heterocycles. The van der Waals surface area contributed by atoms with Crippen LogP contribution in [0.2, 0.25) is 0 Å². The molecule has 0 unspecified atom stereocenters. The van der Waals surface area contributed by atoms with E-state index in [9.17, 15) is 31.2 Å². The Bertz CT molecular complexity index is 1150. The Morgan fingerprint density at radius 1 is 1.15 bits per heavy atom. The number of hydrogen-bond acceptors (Lipinski definition) is 6. The van der Waals surface area contributed by atoms with Gasteiger partial charge in [0.2, 0.25) is 10.0 Å². The van der Waals surface area contributed by atoms with E-state index in [-0.39, 0.29) is 0 Å². The minimum absolute atomic E-state index is 0.428. The number of ether oxygens (including phenoxy) is 2. The Labute approximate surface area is 188 Å². The van der Waals surface area contributed by atoms with Crippen molar-refractivity contribution in [3.05, 3.63) is 53.6 Å². The molecule has 0 aromatic heterocycles. The number of carbonyl (C=O) groups excluding carboxylic acids is 2. The standard InChI is InChI=1S/C21H21F3N2O6S/c1-31-16-7-8-18-14(10-16)4-3-9-26(18)19(27)13-32-20(28)12-25-33(29,30)17-6-2-5-15(11-17)21(22,23)24/h2,5-8,10-11,25H,3-4,9,12-13H2,1H3. The topological polar surface area (TPSA) is 102 Å². The largest absolute Gasteiger partial charge is 0.497 e. The smallest absolute Gasteiger partial charge is 0.416 e. The molecule has 12 heteroatoms. The number of esters is 1. The summed E-state index contributed by atoms with van der Waals surface area (Å²) in [6.45, 7) is -1.03. The van der Waals surface area contributed by atoms with Crippen LogP contribution in [0, 0.1) is 0 Å². The van der Waals surface area contributed by atoms with Crippen molar-refractivity contribution in [1.29, 1.82) is 0 Å². The molecule has 0 fully saturated rings. The van der Waals surface area contributed by atoms with Crippen LogP contribution in [0.5, 0.6) is 5.75 Å². The lowest BCUT2D eigenvalue weighted by Crippen LogP contribution is -2.39. The number of halogens is 3. The molecule has 1 heterocycles. The maximum Gasteiger partial charge on any atom is 0.416 e. The van der Waals surface area contributed by atoms with Crippen LogP contribution in [-0.4, -0.2) is 47.1 Å². The first-order chi connectivity index (χ1) is 15.5. The molecule has 8 nitrogen and oxygen atoms in total. The lowest BCUT2D eigenvalue weighted by atomic mass is 10.0. The first-order valence-electron chi connectivity index (χ1n) is 9.81. The molecule has 1 amide bonds. The summed E-state index contributed by atoms with van der Waals surface area (Å²) in [4.78, 5) is 25.3. The van der Waals surface area contributed by atoms with Crippen molar-refractivity contribution in [2.75, 3.05) is 31.7 Å². The van der Waals surface area contributed by atoms with E-state index in [2.05, 4.69) is 0 Å². The van der Waals surface area contributed by atoms with Gasteiger partial charge in [0.25, 0.3) is 5.91 Å². The molecular weight excluding hydrogens is 465 g/mol. The maximum atomic E-state index is 12.8. The van der Waals surface area contributed by atoms with Gasteiger partial charge in [-0.3, -0.25) is 9.59 Å². The van der Waals surface area contributed by atoms with Crippen molar-refractivity contribution < 1.29 is 40.7 Å². The van der Waals surface area contributed by atoms with E-state index in [1.54, 1.807) is 12.1 Å². The molecule has 33 heavy (non-hydrogen) atoms. The average molecular weight is 486 g/mol. The van der Waals surface area contributed by atoms with Gasteiger partial charge < -0.3 is 14.4 Å². The molecule has 0 saturated carbocycles. The summed E-state index contributed by atoms with van der Waals surface area (Å²) < 4.78 is 74.8. The third kappa shape index (κ3) is 6.02. The van der Waals surface area contributed by atoms with Crippen LogP contribution < -0.4 is 14.4 Å². The van der Waals surface area contributed by atoms with E-state index in [1.807, 2.05) is 10.8 Å². The van der Waals surface area contributed by atoms with Crippen LogP contribution in [0.25, 0.3) is 0 Å². The van der Waals surface area contributed by atoms with Crippen LogP contribution in [0.3, 0.4) is 0 Å². The normalized spacial score (nSPS) is 13.9. The molecule has 0 radical (unpaired) electrons. The predicted octanol–water partition coefficient (Wildman–Crippen LogP) is 2.51. The second-order valence-corrected chi connectivity index (χ2v) is 8.92. The summed E-state index contributed by atoms with van der Waals surface area (Å²) in [5.74, 6) is -0.886. The van der Waals surface area contributed by atoms with E-state index < -0.39 is 51.7 Å². The van der Waals surface area contributed by atoms with Gasteiger partial charge in [0.15, 0.2) is 6.61 Å². The number of anilines is 1. The number of fused-ring (bicyclic) bond motifs is 1. The number of aryl methyl sites for hydroxylation is 1. The molecule has 0 aliphatic carbocycles. The number of methoxy groups -OCH3 is 1. The molecule has 2 aromatic carbocycles. The van der Waals surface area contributed by atoms with Crippen molar-refractivity contribution in [2.45, 2.75) is 23.9 Å². The Morgan fingerprint density at radius 2 is 1.91 bits per heavy atom. The first kappa shape index (κ1) is 24.5. The fraction of sp³-hybridized carbons (Fsp3) is 0.333. The third-order valence-electron chi connectivity index (χ3n) is 4.94. The van der Waals surface area contributed by atoms with Gasteiger partial charge in [-0.1, -0.05) is 6.07 Å². The van der Waals surface area contributed by atoms with Crippen molar-refractivity contribution in [1.82, 2.24) is 4.72 Å². The van der Waals surface area contributed by atoms with E-state index in [4.69, 9.17) is 9.47 Å². The number of sulfonamides is 1. The summed E-state index contributed by atoms with van der Waals surface area (Å²) in [6, 6.07) is 8.36. The van der Waals surface area contributed by atoms with Gasteiger partial charge in [0.05, 0.1) is 17.6 Å². The van der Waals surface area contributed by atoms with Crippen LogP contribution in [0.1, 0.15) is 17.5 Å². The third-order valence-corrected chi connectivity index (χ3v) is 6.34. The van der Waals surface area contributed by atoms with Crippen LogP contribution in [0.4, 0.5) is 18.9 Å². The van der Waals surface area contributed by atoms with Gasteiger partial charge in [-0.05, 0) is 54.8 Å². The second kappa shape index (κ2) is 9.79. The molecule has 1 aliphatic heterocycles.